The van der Waals surface area contributed by atoms with Gasteiger partial charge < -0.3 is 5.73 Å². The Morgan fingerprint density at radius 1 is 1.44 bits per heavy atom. The van der Waals surface area contributed by atoms with Crippen molar-refractivity contribution in [1.82, 2.24) is 15.2 Å². The number of amides is 2. The SMILES string of the molecule is NC(=O)NN=Cc1ccc(Cn2cccn2)cc1. The molecule has 3 N–H and O–H groups in total. The molecule has 0 unspecified atom stereocenters. The number of benzene rings is 1. The molecular formula is C12H13N5O. The van der Waals surface area contributed by atoms with Crippen molar-refractivity contribution in [2.45, 2.75) is 6.54 Å². The van der Waals surface area contributed by atoms with Crippen LogP contribution in [0.25, 0.3) is 0 Å². The van der Waals surface area contributed by atoms with Gasteiger partial charge in [-0.15, -0.1) is 0 Å². The van der Waals surface area contributed by atoms with Crippen LogP contribution in [-0.4, -0.2) is 22.0 Å². The minimum absolute atomic E-state index is 0.679. The maximum atomic E-state index is 10.4. The van der Waals surface area contributed by atoms with Crippen LogP contribution in [0.4, 0.5) is 4.79 Å². The summed E-state index contributed by atoms with van der Waals surface area (Å²) in [5, 5.41) is 7.81. The van der Waals surface area contributed by atoms with Crippen molar-refractivity contribution < 1.29 is 4.79 Å². The van der Waals surface area contributed by atoms with Crippen molar-refractivity contribution in [2.75, 3.05) is 0 Å². The monoisotopic (exact) mass is 243 g/mol. The summed E-state index contributed by atoms with van der Waals surface area (Å²) < 4.78 is 1.84. The minimum atomic E-state index is -0.679. The first-order chi connectivity index (χ1) is 8.74. The van der Waals surface area contributed by atoms with E-state index in [0.717, 1.165) is 17.7 Å². The second-order valence-electron chi connectivity index (χ2n) is 3.68. The van der Waals surface area contributed by atoms with Gasteiger partial charge >= 0.3 is 6.03 Å². The summed E-state index contributed by atoms with van der Waals surface area (Å²) in [4.78, 5) is 10.4. The Kier molecular flexibility index (Phi) is 3.70. The van der Waals surface area contributed by atoms with Gasteiger partial charge in [-0.1, -0.05) is 24.3 Å². The zero-order valence-electron chi connectivity index (χ0n) is 9.65. The number of hydrogen-bond donors (Lipinski definition) is 2. The molecule has 0 saturated heterocycles. The molecule has 0 bridgehead atoms. The summed E-state index contributed by atoms with van der Waals surface area (Å²) in [6.07, 6.45) is 5.19. The van der Waals surface area contributed by atoms with Crippen LogP contribution in [0.5, 0.6) is 0 Å². The third kappa shape index (κ3) is 3.44. The Hall–Kier alpha value is -2.63. The van der Waals surface area contributed by atoms with E-state index < -0.39 is 6.03 Å². The summed E-state index contributed by atoms with van der Waals surface area (Å²) in [7, 11) is 0. The Morgan fingerprint density at radius 2 is 2.22 bits per heavy atom. The lowest BCUT2D eigenvalue weighted by molar-refractivity contribution is 0.249. The average molecular weight is 243 g/mol. The van der Waals surface area contributed by atoms with Crippen LogP contribution in [0.2, 0.25) is 0 Å². The fourth-order valence-electron chi connectivity index (χ4n) is 1.46. The molecule has 0 aliphatic rings. The van der Waals surface area contributed by atoms with E-state index in [-0.39, 0.29) is 0 Å². The van der Waals surface area contributed by atoms with Gasteiger partial charge in [-0.05, 0) is 17.2 Å². The molecule has 0 radical (unpaired) electrons. The van der Waals surface area contributed by atoms with Crippen molar-refractivity contribution in [1.29, 1.82) is 0 Å². The Bertz CT molecular complexity index is 530. The molecule has 1 heterocycles. The van der Waals surface area contributed by atoms with Gasteiger partial charge in [0.05, 0.1) is 12.8 Å². The lowest BCUT2D eigenvalue weighted by Crippen LogP contribution is -2.24. The van der Waals surface area contributed by atoms with Crippen LogP contribution in [0, 0.1) is 0 Å². The molecule has 1 aromatic carbocycles. The summed E-state index contributed by atoms with van der Waals surface area (Å²) in [6, 6.07) is 8.98. The number of nitrogens with two attached hydrogens (primary N) is 1. The second kappa shape index (κ2) is 5.62. The van der Waals surface area contributed by atoms with E-state index in [9.17, 15) is 4.79 Å². The number of urea groups is 1. The number of primary amides is 1. The standard InChI is InChI=1S/C12H13N5O/c13-12(18)16-14-8-10-2-4-11(5-3-10)9-17-7-1-6-15-17/h1-8H,9H2,(H3,13,16,18). The first kappa shape index (κ1) is 11.8. The Labute approximate surface area is 104 Å². The van der Waals surface area contributed by atoms with Gasteiger partial charge in [-0.25, -0.2) is 10.2 Å². The van der Waals surface area contributed by atoms with Gasteiger partial charge in [-0.3, -0.25) is 4.68 Å². The molecule has 0 aliphatic carbocycles. The van der Waals surface area contributed by atoms with Gasteiger partial charge in [0.2, 0.25) is 0 Å². The van der Waals surface area contributed by atoms with Gasteiger partial charge in [0.15, 0.2) is 0 Å². The molecule has 2 rings (SSSR count). The summed E-state index contributed by atoms with van der Waals surface area (Å²) >= 11 is 0. The molecule has 0 fully saturated rings. The molecule has 92 valence electrons. The van der Waals surface area contributed by atoms with Crippen molar-refractivity contribution in [3.8, 4) is 0 Å². The zero-order chi connectivity index (χ0) is 12.8. The summed E-state index contributed by atoms with van der Waals surface area (Å²) in [6.45, 7) is 0.726. The maximum absolute atomic E-state index is 10.4. The van der Waals surface area contributed by atoms with E-state index in [4.69, 9.17) is 5.73 Å². The molecule has 0 spiro atoms. The van der Waals surface area contributed by atoms with Crippen molar-refractivity contribution >= 4 is 12.2 Å². The third-order valence-corrected chi connectivity index (χ3v) is 2.27. The van der Waals surface area contributed by atoms with Gasteiger partial charge in [0.1, 0.15) is 0 Å². The zero-order valence-corrected chi connectivity index (χ0v) is 9.65. The highest BCUT2D eigenvalue weighted by Crippen LogP contribution is 2.04. The number of carbonyl (C=O) groups excluding carboxylic acids is 1. The number of carbonyl (C=O) groups is 1. The van der Waals surface area contributed by atoms with E-state index in [1.54, 1.807) is 6.20 Å². The van der Waals surface area contributed by atoms with E-state index >= 15 is 0 Å². The molecule has 0 aliphatic heterocycles. The number of rotatable bonds is 4. The lowest BCUT2D eigenvalue weighted by Gasteiger charge is -2.02. The first-order valence-corrected chi connectivity index (χ1v) is 5.39. The Morgan fingerprint density at radius 3 is 2.83 bits per heavy atom. The molecule has 6 heteroatoms. The normalized spacial score (nSPS) is 10.7. The molecule has 0 saturated carbocycles. The predicted molar refractivity (Wildman–Crippen MR) is 68.1 cm³/mol. The highest BCUT2D eigenvalue weighted by Gasteiger charge is 1.95. The molecular weight excluding hydrogens is 230 g/mol. The topological polar surface area (TPSA) is 85.3 Å². The van der Waals surface area contributed by atoms with Crippen molar-refractivity contribution in [3.63, 3.8) is 0 Å². The van der Waals surface area contributed by atoms with Crippen molar-refractivity contribution in [2.24, 2.45) is 10.8 Å². The van der Waals surface area contributed by atoms with E-state index in [1.165, 1.54) is 6.21 Å². The van der Waals surface area contributed by atoms with Crippen LogP contribution in [-0.2, 0) is 6.54 Å². The molecule has 0 atom stereocenters. The van der Waals surface area contributed by atoms with E-state index in [2.05, 4.69) is 15.6 Å². The van der Waals surface area contributed by atoms with Crippen LogP contribution in [0.3, 0.4) is 0 Å². The molecule has 1 aromatic heterocycles. The van der Waals surface area contributed by atoms with Crippen LogP contribution in [0.1, 0.15) is 11.1 Å². The fourth-order valence-corrected chi connectivity index (χ4v) is 1.46. The maximum Gasteiger partial charge on any atom is 0.332 e. The first-order valence-electron chi connectivity index (χ1n) is 5.39. The smallest absolute Gasteiger partial charge is 0.332 e. The number of aromatic nitrogens is 2. The minimum Gasteiger partial charge on any atom is -0.350 e. The summed E-state index contributed by atoms with van der Waals surface area (Å²) in [5.74, 6) is 0. The molecule has 18 heavy (non-hydrogen) atoms. The number of nitrogens with zero attached hydrogens (tertiary/aromatic N) is 3. The molecule has 2 aromatic rings. The Balaban J connectivity index is 1.97. The average Bonchev–Trinajstić information content (AvgIpc) is 2.84. The largest absolute Gasteiger partial charge is 0.350 e. The quantitative estimate of drug-likeness (QED) is 0.618. The van der Waals surface area contributed by atoms with Gasteiger partial charge in [0.25, 0.3) is 0 Å². The second-order valence-corrected chi connectivity index (χ2v) is 3.68. The summed E-state index contributed by atoms with van der Waals surface area (Å²) in [5.41, 5.74) is 9.04. The molecule has 6 nitrogen and oxygen atoms in total. The highest BCUT2D eigenvalue weighted by molar-refractivity contribution is 5.81. The number of nitrogens with one attached hydrogen (secondary N) is 1. The lowest BCUT2D eigenvalue weighted by atomic mass is 10.1. The van der Waals surface area contributed by atoms with Gasteiger partial charge in [0, 0.05) is 12.4 Å². The van der Waals surface area contributed by atoms with E-state index in [0.29, 0.717) is 0 Å². The highest BCUT2D eigenvalue weighted by atomic mass is 16.2. The molecule has 2 amide bonds. The fraction of sp³-hybridized carbons (Fsp3) is 0.0833. The van der Waals surface area contributed by atoms with Crippen molar-refractivity contribution in [3.05, 3.63) is 53.9 Å². The third-order valence-electron chi connectivity index (χ3n) is 2.27. The van der Waals surface area contributed by atoms with E-state index in [1.807, 2.05) is 41.2 Å². The number of hydrazone groups is 1. The van der Waals surface area contributed by atoms with Crippen LogP contribution in [0.15, 0.2) is 47.8 Å². The van der Waals surface area contributed by atoms with Gasteiger partial charge in [-0.2, -0.15) is 10.2 Å². The van der Waals surface area contributed by atoms with Crippen LogP contribution < -0.4 is 11.2 Å². The predicted octanol–water partition coefficient (Wildman–Crippen LogP) is 0.934. The van der Waals surface area contributed by atoms with Crippen LogP contribution >= 0.6 is 0 Å². The number of hydrogen-bond acceptors (Lipinski definition) is 3.